The first-order valence-electron chi connectivity index (χ1n) is 8.75. The lowest BCUT2D eigenvalue weighted by molar-refractivity contribution is 0.269. The van der Waals surface area contributed by atoms with E-state index in [0.717, 1.165) is 22.1 Å². The summed E-state index contributed by atoms with van der Waals surface area (Å²) >= 11 is 7.69. The van der Waals surface area contributed by atoms with Crippen LogP contribution >= 0.6 is 23.4 Å². The maximum atomic E-state index is 6.20. The van der Waals surface area contributed by atoms with Crippen molar-refractivity contribution in [3.63, 3.8) is 0 Å². The molecule has 1 aromatic heterocycles. The van der Waals surface area contributed by atoms with E-state index in [1.807, 2.05) is 62.6 Å². The highest BCUT2D eigenvalue weighted by Gasteiger charge is 2.09. The molecule has 0 radical (unpaired) electrons. The zero-order valence-electron chi connectivity index (χ0n) is 15.9. The highest BCUT2D eigenvalue weighted by atomic mass is 35.5. The Morgan fingerprint density at radius 3 is 2.71 bits per heavy atom. The Balaban J connectivity index is 1.79. The molecule has 0 spiro atoms. The molecule has 3 aromatic rings. The minimum absolute atomic E-state index is 0.365. The molecule has 1 heterocycles. The van der Waals surface area contributed by atoms with E-state index in [0.29, 0.717) is 29.7 Å². The number of aromatic nitrogens is 3. The zero-order chi connectivity index (χ0) is 19.9. The normalized spacial score (nSPS) is 11.1. The molecule has 0 aliphatic heterocycles. The van der Waals surface area contributed by atoms with Gasteiger partial charge in [-0.05, 0) is 49.9 Å². The number of ether oxygens (including phenoxy) is 2. The summed E-state index contributed by atoms with van der Waals surface area (Å²) < 4.78 is 13.4. The molecule has 2 aromatic carbocycles. The van der Waals surface area contributed by atoms with Gasteiger partial charge in [0.05, 0.1) is 12.8 Å². The largest absolute Gasteiger partial charge is 0.490 e. The van der Waals surface area contributed by atoms with Gasteiger partial charge >= 0.3 is 0 Å². The van der Waals surface area contributed by atoms with E-state index in [-0.39, 0.29) is 0 Å². The van der Waals surface area contributed by atoms with Crippen LogP contribution in [0.4, 0.5) is 0 Å². The van der Waals surface area contributed by atoms with Crippen LogP contribution < -0.4 is 9.47 Å². The van der Waals surface area contributed by atoms with E-state index in [1.54, 1.807) is 10.9 Å². The summed E-state index contributed by atoms with van der Waals surface area (Å²) in [6, 6.07) is 13.3. The maximum absolute atomic E-state index is 6.20. The highest BCUT2D eigenvalue weighted by molar-refractivity contribution is 7.98. The number of hydrogen-bond acceptors (Lipinski definition) is 6. The number of halogens is 1. The van der Waals surface area contributed by atoms with E-state index in [9.17, 15) is 0 Å². The van der Waals surface area contributed by atoms with Gasteiger partial charge in [-0.3, -0.25) is 0 Å². The molecular weight excluding hydrogens is 396 g/mol. The van der Waals surface area contributed by atoms with Gasteiger partial charge in [-0.2, -0.15) is 9.78 Å². The zero-order valence-corrected chi connectivity index (χ0v) is 17.5. The van der Waals surface area contributed by atoms with Crippen molar-refractivity contribution in [3.05, 3.63) is 64.4 Å². The second-order valence-corrected chi connectivity index (χ2v) is 6.99. The first kappa shape index (κ1) is 20.2. The molecule has 3 rings (SSSR count). The van der Waals surface area contributed by atoms with Gasteiger partial charge < -0.3 is 9.47 Å². The summed E-state index contributed by atoms with van der Waals surface area (Å²) in [4.78, 5) is 0. The third kappa shape index (κ3) is 4.85. The Bertz CT molecular complexity index is 975. The van der Waals surface area contributed by atoms with Gasteiger partial charge in [0.2, 0.25) is 5.16 Å². The van der Waals surface area contributed by atoms with Gasteiger partial charge in [-0.1, -0.05) is 41.6 Å². The van der Waals surface area contributed by atoms with Crippen LogP contribution in [0.25, 0.3) is 0 Å². The van der Waals surface area contributed by atoms with Crippen molar-refractivity contribution in [2.75, 3.05) is 12.9 Å². The highest BCUT2D eigenvalue weighted by Crippen LogP contribution is 2.29. The van der Waals surface area contributed by atoms with E-state index in [1.165, 1.54) is 11.8 Å². The monoisotopic (exact) mass is 416 g/mol. The molecule has 0 aliphatic rings. The summed E-state index contributed by atoms with van der Waals surface area (Å²) in [7, 11) is 0. The SMILES string of the molecule is CCOc1cc(/C=N\n2c(C)nnc2SC)ccc1OCc1ccccc1Cl. The lowest BCUT2D eigenvalue weighted by atomic mass is 10.2. The Morgan fingerprint density at radius 1 is 1.14 bits per heavy atom. The van der Waals surface area contributed by atoms with Gasteiger partial charge in [-0.15, -0.1) is 10.2 Å². The fraction of sp³-hybridized carbons (Fsp3) is 0.250. The number of thioether (sulfide) groups is 1. The molecule has 0 bridgehead atoms. The molecule has 0 amide bonds. The minimum Gasteiger partial charge on any atom is -0.490 e. The number of benzene rings is 2. The van der Waals surface area contributed by atoms with Crippen LogP contribution in [0.2, 0.25) is 5.02 Å². The molecule has 0 aliphatic carbocycles. The smallest absolute Gasteiger partial charge is 0.211 e. The predicted molar refractivity (Wildman–Crippen MR) is 113 cm³/mol. The third-order valence-corrected chi connectivity index (χ3v) is 4.87. The number of hydrogen-bond donors (Lipinski definition) is 0. The summed E-state index contributed by atoms with van der Waals surface area (Å²) in [5, 5.41) is 14.0. The number of rotatable bonds is 8. The topological polar surface area (TPSA) is 61.5 Å². The van der Waals surface area contributed by atoms with Crippen molar-refractivity contribution in [3.8, 4) is 11.5 Å². The van der Waals surface area contributed by atoms with Crippen LogP contribution in [0.1, 0.15) is 23.9 Å². The first-order chi connectivity index (χ1) is 13.6. The van der Waals surface area contributed by atoms with Crippen molar-refractivity contribution in [2.24, 2.45) is 5.10 Å². The van der Waals surface area contributed by atoms with Crippen molar-refractivity contribution in [1.29, 1.82) is 0 Å². The standard InChI is InChI=1S/C20H21ClN4O2S/c1-4-26-19-11-15(12-22-25-14(2)23-24-20(25)28-3)9-10-18(19)27-13-16-7-5-6-8-17(16)21/h5-12H,4,13H2,1-3H3/b22-12-. The number of nitrogens with zero attached hydrogens (tertiary/aromatic N) is 4. The van der Waals surface area contributed by atoms with Crippen molar-refractivity contribution in [2.45, 2.75) is 25.6 Å². The molecule has 0 fully saturated rings. The van der Waals surface area contributed by atoms with Crippen LogP contribution in [-0.2, 0) is 6.61 Å². The minimum atomic E-state index is 0.365. The van der Waals surface area contributed by atoms with Crippen molar-refractivity contribution in [1.82, 2.24) is 14.9 Å². The molecule has 0 saturated heterocycles. The van der Waals surface area contributed by atoms with E-state index >= 15 is 0 Å². The van der Waals surface area contributed by atoms with E-state index in [2.05, 4.69) is 15.3 Å². The van der Waals surface area contributed by atoms with E-state index in [4.69, 9.17) is 21.1 Å². The lowest BCUT2D eigenvalue weighted by Crippen LogP contribution is -2.01. The molecule has 0 atom stereocenters. The second kappa shape index (κ2) is 9.61. The summed E-state index contributed by atoms with van der Waals surface area (Å²) in [5.74, 6) is 2.04. The summed E-state index contributed by atoms with van der Waals surface area (Å²) in [5.41, 5.74) is 1.80. The van der Waals surface area contributed by atoms with Crippen LogP contribution in [0.15, 0.2) is 52.7 Å². The average molecular weight is 417 g/mol. The van der Waals surface area contributed by atoms with Gasteiger partial charge in [-0.25, -0.2) is 0 Å². The second-order valence-electron chi connectivity index (χ2n) is 5.81. The summed E-state index contributed by atoms with van der Waals surface area (Å²) in [6.07, 6.45) is 3.68. The van der Waals surface area contributed by atoms with Gasteiger partial charge in [0.15, 0.2) is 17.3 Å². The van der Waals surface area contributed by atoms with Crippen molar-refractivity contribution < 1.29 is 9.47 Å². The lowest BCUT2D eigenvalue weighted by Gasteiger charge is -2.13. The first-order valence-corrected chi connectivity index (χ1v) is 10.4. The van der Waals surface area contributed by atoms with Crippen LogP contribution in [-0.4, -0.2) is 34.0 Å². The summed E-state index contributed by atoms with van der Waals surface area (Å²) in [6.45, 7) is 4.69. The molecule has 8 heteroatoms. The fourth-order valence-corrected chi connectivity index (χ4v) is 3.15. The number of aryl methyl sites for hydroxylation is 1. The maximum Gasteiger partial charge on any atom is 0.211 e. The molecule has 6 nitrogen and oxygen atoms in total. The molecule has 0 N–H and O–H groups in total. The molecule has 146 valence electrons. The molecule has 0 unspecified atom stereocenters. The Labute approximate surface area is 173 Å². The molecule has 28 heavy (non-hydrogen) atoms. The van der Waals surface area contributed by atoms with Crippen molar-refractivity contribution >= 4 is 29.6 Å². The Morgan fingerprint density at radius 2 is 1.96 bits per heavy atom. The quantitative estimate of drug-likeness (QED) is 0.389. The van der Waals surface area contributed by atoms with Gasteiger partial charge in [0.1, 0.15) is 6.61 Å². The Kier molecular flexibility index (Phi) is 6.95. The predicted octanol–water partition coefficient (Wildman–Crippen LogP) is 4.82. The third-order valence-electron chi connectivity index (χ3n) is 3.88. The average Bonchev–Trinajstić information content (AvgIpc) is 3.06. The Hall–Kier alpha value is -2.51. The molecule has 0 saturated carbocycles. The molecular formula is C20H21ClN4O2S. The van der Waals surface area contributed by atoms with Crippen LogP contribution in [0.5, 0.6) is 11.5 Å². The van der Waals surface area contributed by atoms with Gasteiger partial charge in [0, 0.05) is 10.6 Å². The van der Waals surface area contributed by atoms with Crippen LogP contribution in [0, 0.1) is 6.92 Å². The van der Waals surface area contributed by atoms with Gasteiger partial charge in [0.25, 0.3) is 0 Å². The van der Waals surface area contributed by atoms with Crippen LogP contribution in [0.3, 0.4) is 0 Å². The van der Waals surface area contributed by atoms with E-state index < -0.39 is 0 Å². The fourth-order valence-electron chi connectivity index (χ4n) is 2.49.